The number of amides is 1. The first-order chi connectivity index (χ1) is 12.1. The Morgan fingerprint density at radius 2 is 2.04 bits per heavy atom. The minimum absolute atomic E-state index is 0.131. The lowest BCUT2D eigenvalue weighted by molar-refractivity contribution is -0.211. The largest absolute Gasteiger partial charge is 0.423 e. The number of halogens is 5. The lowest BCUT2D eigenvalue weighted by Crippen LogP contribution is -2.48. The van der Waals surface area contributed by atoms with Crippen LogP contribution in [-0.4, -0.2) is 49.5 Å². The van der Waals surface area contributed by atoms with Crippen LogP contribution in [0.1, 0.15) is 24.1 Å². The Morgan fingerprint density at radius 1 is 1.35 bits per heavy atom. The fraction of sp³-hybridized carbons (Fsp3) is 0.400. The van der Waals surface area contributed by atoms with E-state index < -0.39 is 35.7 Å². The lowest BCUT2D eigenvalue weighted by atomic mass is 9.97. The van der Waals surface area contributed by atoms with Gasteiger partial charge < -0.3 is 10.0 Å². The van der Waals surface area contributed by atoms with Crippen molar-refractivity contribution in [3.8, 4) is 5.82 Å². The Morgan fingerprint density at radius 3 is 2.65 bits per heavy atom. The molecule has 11 heteroatoms. The second-order valence-corrected chi connectivity index (χ2v) is 5.99. The predicted octanol–water partition coefficient (Wildman–Crippen LogP) is 1.91. The van der Waals surface area contributed by atoms with Crippen LogP contribution in [0.2, 0.25) is 0 Å². The molecule has 0 saturated carbocycles. The SMILES string of the molecule is CC1CN(C(=O)C(O)C(F)(F)F)Cc2cnn(-c3ncc(F)cc3F)c21. The molecule has 2 aromatic rings. The maximum Gasteiger partial charge on any atom is 0.423 e. The summed E-state index contributed by atoms with van der Waals surface area (Å²) in [5.41, 5.74) is 0.838. The van der Waals surface area contributed by atoms with Gasteiger partial charge in [-0.3, -0.25) is 4.79 Å². The molecule has 0 fully saturated rings. The van der Waals surface area contributed by atoms with Gasteiger partial charge in [0.2, 0.25) is 6.10 Å². The standard InChI is InChI=1S/C15H13F5N4O2/c1-7-5-23(14(26)12(25)15(18,19)20)6-8-3-22-24(11(7)8)13-10(17)2-9(16)4-21-13/h2-4,7,12,25H,5-6H2,1H3. The van der Waals surface area contributed by atoms with Crippen molar-refractivity contribution in [3.63, 3.8) is 0 Å². The van der Waals surface area contributed by atoms with E-state index in [9.17, 15) is 26.7 Å². The Balaban J connectivity index is 1.92. The van der Waals surface area contributed by atoms with Crippen molar-refractivity contribution in [2.24, 2.45) is 0 Å². The molecular weight excluding hydrogens is 363 g/mol. The molecule has 2 atom stereocenters. The number of fused-ring (bicyclic) bond motifs is 1. The molecule has 6 nitrogen and oxygen atoms in total. The van der Waals surface area contributed by atoms with Crippen molar-refractivity contribution in [2.75, 3.05) is 6.54 Å². The molecular formula is C15H13F5N4O2. The molecule has 0 spiro atoms. The fourth-order valence-corrected chi connectivity index (χ4v) is 2.94. The van der Waals surface area contributed by atoms with E-state index in [1.54, 1.807) is 6.92 Å². The van der Waals surface area contributed by atoms with E-state index in [4.69, 9.17) is 5.11 Å². The number of hydrogen-bond acceptors (Lipinski definition) is 4. The van der Waals surface area contributed by atoms with Crippen LogP contribution in [0.25, 0.3) is 5.82 Å². The molecule has 0 aromatic carbocycles. The van der Waals surface area contributed by atoms with E-state index in [1.165, 1.54) is 6.20 Å². The number of rotatable bonds is 2. The minimum Gasteiger partial charge on any atom is -0.376 e. The fourth-order valence-electron chi connectivity index (χ4n) is 2.94. The molecule has 3 rings (SSSR count). The third kappa shape index (κ3) is 3.14. The average Bonchev–Trinajstić information content (AvgIpc) is 2.97. The van der Waals surface area contributed by atoms with Crippen molar-refractivity contribution in [2.45, 2.75) is 31.7 Å². The number of aromatic nitrogens is 3. The van der Waals surface area contributed by atoms with Crippen molar-refractivity contribution in [1.29, 1.82) is 0 Å². The molecule has 1 aliphatic heterocycles. The van der Waals surface area contributed by atoms with Gasteiger partial charge in [0.25, 0.3) is 5.91 Å². The third-order valence-corrected chi connectivity index (χ3v) is 4.05. The van der Waals surface area contributed by atoms with Crippen molar-refractivity contribution in [3.05, 3.63) is 41.4 Å². The summed E-state index contributed by atoms with van der Waals surface area (Å²) >= 11 is 0. The summed E-state index contributed by atoms with van der Waals surface area (Å²) in [4.78, 5) is 16.4. The molecule has 1 amide bonds. The summed E-state index contributed by atoms with van der Waals surface area (Å²) < 4.78 is 65.8. The highest BCUT2D eigenvalue weighted by molar-refractivity contribution is 5.81. The highest BCUT2D eigenvalue weighted by atomic mass is 19.4. The molecule has 0 radical (unpaired) electrons. The van der Waals surface area contributed by atoms with Gasteiger partial charge in [-0.1, -0.05) is 6.92 Å². The maximum atomic E-state index is 14.0. The monoisotopic (exact) mass is 376 g/mol. The first-order valence-corrected chi connectivity index (χ1v) is 7.51. The Labute approximate surface area is 143 Å². The van der Waals surface area contributed by atoms with Crippen molar-refractivity contribution >= 4 is 5.91 Å². The highest BCUT2D eigenvalue weighted by Crippen LogP contribution is 2.32. The minimum atomic E-state index is -5.06. The molecule has 0 bridgehead atoms. The van der Waals surface area contributed by atoms with E-state index in [0.29, 0.717) is 17.3 Å². The molecule has 2 unspecified atom stereocenters. The summed E-state index contributed by atoms with van der Waals surface area (Å²) in [6, 6.07) is 0.638. The summed E-state index contributed by atoms with van der Waals surface area (Å²) in [5, 5.41) is 13.1. The Bertz CT molecular complexity index is 851. The van der Waals surface area contributed by atoms with Gasteiger partial charge in [-0.05, 0) is 0 Å². The van der Waals surface area contributed by atoms with Gasteiger partial charge in [0.15, 0.2) is 11.6 Å². The maximum absolute atomic E-state index is 14.0. The highest BCUT2D eigenvalue weighted by Gasteiger charge is 2.46. The van der Waals surface area contributed by atoms with E-state index in [1.807, 2.05) is 0 Å². The number of alkyl halides is 3. The molecule has 3 heterocycles. The average molecular weight is 376 g/mol. The van der Waals surface area contributed by atoms with Crippen LogP contribution in [0.3, 0.4) is 0 Å². The van der Waals surface area contributed by atoms with Crippen molar-refractivity contribution < 1.29 is 31.9 Å². The van der Waals surface area contributed by atoms with Crippen LogP contribution in [-0.2, 0) is 11.3 Å². The molecule has 26 heavy (non-hydrogen) atoms. The third-order valence-electron chi connectivity index (χ3n) is 4.05. The van der Waals surface area contributed by atoms with E-state index in [2.05, 4.69) is 10.1 Å². The number of pyridine rings is 1. The quantitative estimate of drug-likeness (QED) is 0.813. The number of carbonyl (C=O) groups is 1. The summed E-state index contributed by atoms with van der Waals surface area (Å²) in [6.45, 7) is 1.25. The van der Waals surface area contributed by atoms with Gasteiger partial charge in [0.1, 0.15) is 5.82 Å². The molecule has 0 aliphatic carbocycles. The number of nitrogens with zero attached hydrogens (tertiary/aromatic N) is 4. The zero-order valence-electron chi connectivity index (χ0n) is 13.3. The first-order valence-electron chi connectivity index (χ1n) is 7.51. The summed E-state index contributed by atoms with van der Waals surface area (Å²) in [6.07, 6.45) is -6.08. The Hall–Kier alpha value is -2.56. The number of aliphatic hydroxyl groups is 1. The predicted molar refractivity (Wildman–Crippen MR) is 77.2 cm³/mol. The zero-order valence-corrected chi connectivity index (χ0v) is 13.3. The number of carbonyl (C=O) groups excluding carboxylic acids is 1. The summed E-state index contributed by atoms with van der Waals surface area (Å²) in [5.74, 6) is -4.05. The van der Waals surface area contributed by atoms with Crippen LogP contribution >= 0.6 is 0 Å². The smallest absolute Gasteiger partial charge is 0.376 e. The van der Waals surface area contributed by atoms with Crippen LogP contribution in [0.4, 0.5) is 22.0 Å². The van der Waals surface area contributed by atoms with Crippen molar-refractivity contribution in [1.82, 2.24) is 19.7 Å². The topological polar surface area (TPSA) is 71.2 Å². The second kappa shape index (κ2) is 6.31. The van der Waals surface area contributed by atoms with Gasteiger partial charge in [-0.2, -0.15) is 18.3 Å². The van der Waals surface area contributed by atoms with E-state index in [0.717, 1.165) is 15.8 Å². The Kier molecular flexibility index (Phi) is 4.42. The molecule has 1 aliphatic rings. The molecule has 2 aromatic heterocycles. The number of aliphatic hydroxyl groups excluding tert-OH is 1. The van der Waals surface area contributed by atoms with E-state index >= 15 is 0 Å². The zero-order chi connectivity index (χ0) is 19.2. The normalized spacial score (nSPS) is 18.6. The van der Waals surface area contributed by atoms with Crippen LogP contribution < -0.4 is 0 Å². The molecule has 140 valence electrons. The molecule has 1 N–H and O–H groups in total. The summed E-state index contributed by atoms with van der Waals surface area (Å²) in [7, 11) is 0. The van der Waals surface area contributed by atoms with E-state index in [-0.39, 0.29) is 18.9 Å². The van der Waals surface area contributed by atoms with Crippen LogP contribution in [0.5, 0.6) is 0 Å². The van der Waals surface area contributed by atoms with Gasteiger partial charge in [0.05, 0.1) is 18.1 Å². The van der Waals surface area contributed by atoms with Gasteiger partial charge >= 0.3 is 6.18 Å². The van der Waals surface area contributed by atoms with Crippen LogP contribution in [0, 0.1) is 11.6 Å². The van der Waals surface area contributed by atoms with Gasteiger partial charge in [-0.15, -0.1) is 0 Å². The molecule has 0 saturated heterocycles. The number of hydrogen-bond donors (Lipinski definition) is 1. The first kappa shape index (κ1) is 18.2. The lowest BCUT2D eigenvalue weighted by Gasteiger charge is -2.33. The second-order valence-electron chi connectivity index (χ2n) is 5.99. The van der Waals surface area contributed by atoms with Gasteiger partial charge in [0, 0.05) is 30.6 Å². The van der Waals surface area contributed by atoms with Crippen LogP contribution in [0.15, 0.2) is 18.5 Å². The van der Waals surface area contributed by atoms with Gasteiger partial charge in [-0.25, -0.2) is 18.4 Å².